The van der Waals surface area contributed by atoms with Crippen LogP contribution in [0.2, 0.25) is 0 Å². The van der Waals surface area contributed by atoms with Gasteiger partial charge in [-0.25, -0.2) is 4.79 Å². The van der Waals surface area contributed by atoms with Crippen LogP contribution in [0.15, 0.2) is 52.5 Å². The van der Waals surface area contributed by atoms with Crippen LogP contribution in [0.4, 0.5) is 5.00 Å². The van der Waals surface area contributed by atoms with Crippen LogP contribution in [0.1, 0.15) is 16.1 Å². The Bertz CT molecular complexity index is 1070. The molecule has 3 aromatic rings. The number of hydrogen-bond acceptors (Lipinski definition) is 8. The molecule has 1 amide bonds. The van der Waals surface area contributed by atoms with Crippen LogP contribution in [-0.2, 0) is 16.1 Å². The molecule has 1 N–H and O–H groups in total. The highest BCUT2D eigenvalue weighted by Gasteiger charge is 2.24. The molecule has 2 aromatic heterocycles. The summed E-state index contributed by atoms with van der Waals surface area (Å²) in [5.41, 5.74) is 1.93. The van der Waals surface area contributed by atoms with E-state index in [9.17, 15) is 9.59 Å². The maximum Gasteiger partial charge on any atom is 0.341 e. The lowest BCUT2D eigenvalue weighted by atomic mass is 10.0. The Morgan fingerprint density at radius 1 is 1.06 bits per heavy atom. The zero-order valence-corrected chi connectivity index (χ0v) is 19.5. The summed E-state index contributed by atoms with van der Waals surface area (Å²) in [7, 11) is 2.94. The third kappa shape index (κ3) is 5.62. The zero-order chi connectivity index (χ0) is 23.2. The van der Waals surface area contributed by atoms with Crippen LogP contribution in [0.25, 0.3) is 11.1 Å². The van der Waals surface area contributed by atoms with Gasteiger partial charge in [0.1, 0.15) is 22.1 Å². The number of nitrogens with zero attached hydrogens (tertiary/aromatic N) is 2. The second-order valence-electron chi connectivity index (χ2n) is 7.75. The van der Waals surface area contributed by atoms with Gasteiger partial charge in [0.2, 0.25) is 5.91 Å². The molecular formula is C24H27N3O5S. The Morgan fingerprint density at radius 3 is 2.42 bits per heavy atom. The number of methoxy groups -OCH3 is 2. The quantitative estimate of drug-likeness (QED) is 0.505. The van der Waals surface area contributed by atoms with E-state index in [0.29, 0.717) is 10.6 Å². The van der Waals surface area contributed by atoms with Crippen molar-refractivity contribution >= 4 is 28.2 Å². The number of nitrogens with one attached hydrogen (secondary N) is 1. The first-order valence-electron chi connectivity index (χ1n) is 10.7. The summed E-state index contributed by atoms with van der Waals surface area (Å²) in [6.07, 6.45) is 1.68. The fraction of sp³-hybridized carbons (Fsp3) is 0.333. The molecule has 1 saturated heterocycles. The highest BCUT2D eigenvalue weighted by Crippen LogP contribution is 2.36. The molecule has 3 heterocycles. The number of benzene rings is 1. The molecule has 0 saturated carbocycles. The summed E-state index contributed by atoms with van der Waals surface area (Å²) in [6, 6.07) is 11.3. The minimum Gasteiger partial charge on any atom is -0.497 e. The topological polar surface area (TPSA) is 84.2 Å². The number of thiophene rings is 1. The van der Waals surface area contributed by atoms with Crippen LogP contribution >= 0.6 is 11.3 Å². The minimum atomic E-state index is -0.482. The first kappa shape index (κ1) is 23.0. The Balaban J connectivity index is 1.38. The van der Waals surface area contributed by atoms with Crippen LogP contribution < -0.4 is 10.1 Å². The predicted octanol–water partition coefficient (Wildman–Crippen LogP) is 3.56. The number of carbonyl (C=O) groups excluding carboxylic acids is 2. The monoisotopic (exact) mass is 469 g/mol. The number of esters is 1. The highest BCUT2D eigenvalue weighted by molar-refractivity contribution is 7.15. The Labute approximate surface area is 196 Å². The van der Waals surface area contributed by atoms with Crippen molar-refractivity contribution in [3.05, 3.63) is 59.4 Å². The third-order valence-corrected chi connectivity index (χ3v) is 6.52. The van der Waals surface area contributed by atoms with Gasteiger partial charge < -0.3 is 19.2 Å². The average Bonchev–Trinajstić information content (AvgIpc) is 3.50. The fourth-order valence-corrected chi connectivity index (χ4v) is 4.81. The number of anilines is 1. The molecule has 174 valence electrons. The molecule has 0 spiro atoms. The van der Waals surface area contributed by atoms with E-state index in [0.717, 1.165) is 55.4 Å². The van der Waals surface area contributed by atoms with Crippen molar-refractivity contribution in [1.82, 2.24) is 9.80 Å². The molecule has 4 rings (SSSR count). The van der Waals surface area contributed by atoms with Crippen molar-refractivity contribution < 1.29 is 23.5 Å². The molecule has 0 bridgehead atoms. The standard InChI is InChI=1S/C24H27N3O5S/c1-30-18-7-5-17(6-8-18)20-16-33-23(22(20)24(29)31-2)25-21(28)15-27-11-9-26(10-12-27)14-19-4-3-13-32-19/h3-8,13,16H,9-12,14-15H2,1-2H3,(H,25,28). The number of amides is 1. The first-order chi connectivity index (χ1) is 16.1. The van der Waals surface area contributed by atoms with E-state index < -0.39 is 5.97 Å². The van der Waals surface area contributed by atoms with Gasteiger partial charge in [0.25, 0.3) is 0 Å². The van der Waals surface area contributed by atoms with E-state index in [1.807, 2.05) is 41.8 Å². The van der Waals surface area contributed by atoms with Crippen molar-refractivity contribution in [2.24, 2.45) is 0 Å². The zero-order valence-electron chi connectivity index (χ0n) is 18.7. The maximum absolute atomic E-state index is 12.8. The van der Waals surface area contributed by atoms with Gasteiger partial charge in [-0.15, -0.1) is 11.3 Å². The van der Waals surface area contributed by atoms with Crippen LogP contribution in [-0.4, -0.2) is 68.6 Å². The molecule has 33 heavy (non-hydrogen) atoms. The number of furan rings is 1. The number of ether oxygens (including phenoxy) is 2. The van der Waals surface area contributed by atoms with E-state index in [1.165, 1.54) is 18.4 Å². The van der Waals surface area contributed by atoms with E-state index >= 15 is 0 Å². The Kier molecular flexibility index (Phi) is 7.43. The SMILES string of the molecule is COC(=O)c1c(-c2ccc(OC)cc2)csc1NC(=O)CN1CCN(Cc2ccco2)CC1. The van der Waals surface area contributed by atoms with Gasteiger partial charge in [0.15, 0.2) is 0 Å². The van der Waals surface area contributed by atoms with Gasteiger partial charge >= 0.3 is 5.97 Å². The number of rotatable bonds is 8. The summed E-state index contributed by atoms with van der Waals surface area (Å²) in [5.74, 6) is 1.04. The summed E-state index contributed by atoms with van der Waals surface area (Å²) in [6.45, 7) is 4.35. The summed E-state index contributed by atoms with van der Waals surface area (Å²) < 4.78 is 15.6. The normalized spacial score (nSPS) is 14.7. The van der Waals surface area contributed by atoms with Gasteiger partial charge in [-0.05, 0) is 29.8 Å². The molecule has 1 fully saturated rings. The summed E-state index contributed by atoms with van der Waals surface area (Å²) in [4.78, 5) is 29.7. The van der Waals surface area contributed by atoms with E-state index in [4.69, 9.17) is 13.9 Å². The molecule has 0 unspecified atom stereocenters. The lowest BCUT2D eigenvalue weighted by Crippen LogP contribution is -2.48. The van der Waals surface area contributed by atoms with Crippen molar-refractivity contribution in [1.29, 1.82) is 0 Å². The predicted molar refractivity (Wildman–Crippen MR) is 127 cm³/mol. The van der Waals surface area contributed by atoms with Crippen molar-refractivity contribution in [3.63, 3.8) is 0 Å². The minimum absolute atomic E-state index is 0.150. The van der Waals surface area contributed by atoms with E-state index in [1.54, 1.807) is 13.4 Å². The van der Waals surface area contributed by atoms with Crippen LogP contribution in [0.5, 0.6) is 5.75 Å². The van der Waals surface area contributed by atoms with Gasteiger partial charge in [-0.1, -0.05) is 12.1 Å². The van der Waals surface area contributed by atoms with Crippen LogP contribution in [0, 0.1) is 0 Å². The molecule has 0 radical (unpaired) electrons. The van der Waals surface area contributed by atoms with Crippen molar-refractivity contribution in [2.45, 2.75) is 6.54 Å². The highest BCUT2D eigenvalue weighted by atomic mass is 32.1. The maximum atomic E-state index is 12.8. The van der Waals surface area contributed by atoms with Gasteiger partial charge in [-0.2, -0.15) is 0 Å². The first-order valence-corrected chi connectivity index (χ1v) is 11.6. The molecule has 1 aromatic carbocycles. The molecule has 1 aliphatic heterocycles. The van der Waals surface area contributed by atoms with Crippen molar-refractivity contribution in [3.8, 4) is 16.9 Å². The van der Waals surface area contributed by atoms with E-state index in [2.05, 4.69) is 15.1 Å². The molecular weight excluding hydrogens is 442 g/mol. The van der Waals surface area contributed by atoms with Gasteiger partial charge in [-0.3, -0.25) is 14.6 Å². The van der Waals surface area contributed by atoms with E-state index in [-0.39, 0.29) is 12.5 Å². The molecule has 8 nitrogen and oxygen atoms in total. The smallest absolute Gasteiger partial charge is 0.341 e. The van der Waals surface area contributed by atoms with Gasteiger partial charge in [0.05, 0.1) is 33.6 Å². The largest absolute Gasteiger partial charge is 0.497 e. The lowest BCUT2D eigenvalue weighted by Gasteiger charge is -2.33. The molecule has 0 atom stereocenters. The van der Waals surface area contributed by atoms with Crippen molar-refractivity contribution in [2.75, 3.05) is 52.3 Å². The lowest BCUT2D eigenvalue weighted by molar-refractivity contribution is -0.117. The number of carbonyl (C=O) groups is 2. The molecule has 0 aliphatic carbocycles. The number of piperazine rings is 1. The van der Waals surface area contributed by atoms with Gasteiger partial charge in [0, 0.05) is 37.1 Å². The molecule has 1 aliphatic rings. The summed E-state index contributed by atoms with van der Waals surface area (Å²) >= 11 is 1.32. The Hall–Kier alpha value is -3.14. The Morgan fingerprint density at radius 2 is 1.79 bits per heavy atom. The molecule has 9 heteroatoms. The second kappa shape index (κ2) is 10.7. The second-order valence-corrected chi connectivity index (χ2v) is 8.63. The number of hydrogen-bond donors (Lipinski definition) is 1. The fourth-order valence-electron chi connectivity index (χ4n) is 3.84. The van der Waals surface area contributed by atoms with Crippen LogP contribution in [0.3, 0.4) is 0 Å². The average molecular weight is 470 g/mol. The third-order valence-electron chi connectivity index (χ3n) is 5.63. The summed E-state index contributed by atoms with van der Waals surface area (Å²) in [5, 5.41) is 5.27.